The third-order valence-corrected chi connectivity index (χ3v) is 9.07. The lowest BCUT2D eigenvalue weighted by atomic mass is 9.46. The molecule has 28 heavy (non-hydrogen) atoms. The van der Waals surface area contributed by atoms with Crippen LogP contribution in [0.1, 0.15) is 85.5 Å². The number of nitrogens with zero attached hydrogens (tertiary/aromatic N) is 2. The first-order chi connectivity index (χ1) is 13.5. The van der Waals surface area contributed by atoms with Crippen molar-refractivity contribution in [3.8, 4) is 0 Å². The van der Waals surface area contributed by atoms with E-state index in [4.69, 9.17) is 0 Å². The van der Waals surface area contributed by atoms with Gasteiger partial charge in [-0.25, -0.2) is 4.98 Å². The number of aldehydes is 1. The number of fused-ring (bicyclic) bond motifs is 3. The summed E-state index contributed by atoms with van der Waals surface area (Å²) in [6.45, 7) is 9.78. The largest absolute Gasteiger partial charge is 0.309 e. The molecule has 0 amide bonds. The Morgan fingerprint density at radius 3 is 2.64 bits per heavy atom. The van der Waals surface area contributed by atoms with Crippen LogP contribution in [0, 0.1) is 34.5 Å². The molecule has 0 saturated heterocycles. The predicted molar refractivity (Wildman–Crippen MR) is 115 cm³/mol. The fourth-order valence-electron chi connectivity index (χ4n) is 7.93. The Morgan fingerprint density at radius 2 is 2.00 bits per heavy atom. The molecule has 3 aliphatic carbocycles. The second-order valence-corrected chi connectivity index (χ2v) is 10.3. The molecule has 0 spiro atoms. The molecule has 3 heteroatoms. The van der Waals surface area contributed by atoms with Gasteiger partial charge in [0.25, 0.3) is 0 Å². The molecule has 4 rings (SSSR count). The van der Waals surface area contributed by atoms with Gasteiger partial charge in [-0.1, -0.05) is 47.0 Å². The zero-order valence-electron chi connectivity index (χ0n) is 18.3. The average Bonchev–Trinajstić information content (AvgIpc) is 3.29. The van der Waals surface area contributed by atoms with Gasteiger partial charge in [0.15, 0.2) is 0 Å². The van der Waals surface area contributed by atoms with E-state index in [1.807, 2.05) is 18.7 Å². The van der Waals surface area contributed by atoms with E-state index in [1.165, 1.54) is 57.1 Å². The maximum Gasteiger partial charge on any atom is 0.147 e. The lowest BCUT2D eigenvalue weighted by molar-refractivity contribution is -0.105. The van der Waals surface area contributed by atoms with Crippen molar-refractivity contribution < 1.29 is 4.79 Å². The monoisotopic (exact) mass is 382 g/mol. The first kappa shape index (κ1) is 19.9. The zero-order chi connectivity index (χ0) is 19.9. The topological polar surface area (TPSA) is 34.9 Å². The Labute approximate surface area is 171 Å². The number of rotatable bonds is 6. The molecule has 154 valence electrons. The number of carbonyl (C=O) groups excluding carboxylic acids is 1. The second kappa shape index (κ2) is 7.46. The zero-order valence-corrected chi connectivity index (χ0v) is 18.3. The van der Waals surface area contributed by atoms with Gasteiger partial charge < -0.3 is 4.57 Å². The van der Waals surface area contributed by atoms with Gasteiger partial charge in [0.2, 0.25) is 0 Å². The summed E-state index contributed by atoms with van der Waals surface area (Å²) in [4.78, 5) is 16.3. The van der Waals surface area contributed by atoms with E-state index < -0.39 is 0 Å². The van der Waals surface area contributed by atoms with Crippen LogP contribution in [0.4, 0.5) is 0 Å². The van der Waals surface area contributed by atoms with Gasteiger partial charge in [0.05, 0.1) is 6.33 Å². The Morgan fingerprint density at radius 1 is 1.18 bits per heavy atom. The van der Waals surface area contributed by atoms with E-state index in [0.717, 1.165) is 36.0 Å². The average molecular weight is 383 g/mol. The SMILES string of the molecule is CCC[C@@H]1CC[C@@H]2[C@H](CC[C@]3(C)C(n4ccnc4)=C(C=O)C[C@@H]23)[C@@]1(C)CCC. The van der Waals surface area contributed by atoms with Gasteiger partial charge in [-0.15, -0.1) is 0 Å². The van der Waals surface area contributed by atoms with Crippen molar-refractivity contribution in [2.45, 2.75) is 85.5 Å². The minimum atomic E-state index is 0.114. The Hall–Kier alpha value is -1.38. The number of carbonyl (C=O) groups is 1. The minimum Gasteiger partial charge on any atom is -0.309 e. The molecule has 0 bridgehead atoms. The van der Waals surface area contributed by atoms with Gasteiger partial charge in [-0.05, 0) is 67.6 Å². The van der Waals surface area contributed by atoms with Crippen LogP contribution in [0.25, 0.3) is 5.70 Å². The van der Waals surface area contributed by atoms with Gasteiger partial charge in [-0.3, -0.25) is 4.79 Å². The molecule has 0 aromatic carbocycles. The summed E-state index contributed by atoms with van der Waals surface area (Å²) in [7, 11) is 0. The van der Waals surface area contributed by atoms with Crippen LogP contribution in [0.3, 0.4) is 0 Å². The van der Waals surface area contributed by atoms with Gasteiger partial charge in [0.1, 0.15) is 6.29 Å². The Kier molecular flexibility index (Phi) is 5.31. The molecule has 2 fully saturated rings. The molecule has 0 aliphatic heterocycles. The minimum absolute atomic E-state index is 0.114. The van der Waals surface area contributed by atoms with E-state index in [9.17, 15) is 4.79 Å². The van der Waals surface area contributed by atoms with Crippen molar-refractivity contribution in [3.63, 3.8) is 0 Å². The van der Waals surface area contributed by atoms with Crippen LogP contribution >= 0.6 is 0 Å². The lowest BCUT2D eigenvalue weighted by Gasteiger charge is -2.59. The molecule has 0 N–H and O–H groups in total. The molecule has 6 atom stereocenters. The van der Waals surface area contributed by atoms with Crippen LogP contribution in [0.15, 0.2) is 24.3 Å². The summed E-state index contributed by atoms with van der Waals surface area (Å²) >= 11 is 0. The summed E-state index contributed by atoms with van der Waals surface area (Å²) in [5, 5.41) is 0. The van der Waals surface area contributed by atoms with Gasteiger partial charge in [0, 0.05) is 29.1 Å². The number of imidazole rings is 1. The summed E-state index contributed by atoms with van der Waals surface area (Å²) in [5.41, 5.74) is 2.87. The van der Waals surface area contributed by atoms with E-state index in [-0.39, 0.29) is 5.41 Å². The highest BCUT2D eigenvalue weighted by Crippen LogP contribution is 2.67. The molecule has 1 heterocycles. The molecular formula is C25H38N2O. The molecule has 2 saturated carbocycles. The molecule has 1 aromatic rings. The maximum atomic E-state index is 12.0. The first-order valence-electron chi connectivity index (χ1n) is 11.7. The third-order valence-electron chi connectivity index (χ3n) is 9.07. The van der Waals surface area contributed by atoms with Gasteiger partial charge in [-0.2, -0.15) is 0 Å². The Balaban J connectivity index is 1.69. The molecular weight excluding hydrogens is 344 g/mol. The number of aromatic nitrogens is 2. The quantitative estimate of drug-likeness (QED) is 0.536. The van der Waals surface area contributed by atoms with Crippen LogP contribution in [0.2, 0.25) is 0 Å². The van der Waals surface area contributed by atoms with Gasteiger partial charge >= 0.3 is 0 Å². The number of hydrogen-bond acceptors (Lipinski definition) is 2. The lowest BCUT2D eigenvalue weighted by Crippen LogP contribution is -2.51. The summed E-state index contributed by atoms with van der Waals surface area (Å²) < 4.78 is 2.14. The standard InChI is InChI=1S/C25H38N2O/c1-5-7-19-8-9-20-21(24(19,3)11-6-2)10-12-25(4)22(20)15-18(16-28)23(25)27-14-13-26-17-27/h13-14,16-17,19-22H,5-12,15H2,1-4H3/t19-,20-,21+,22+,24+,25+/m1/s1. The van der Waals surface area contributed by atoms with Crippen molar-refractivity contribution in [2.75, 3.05) is 0 Å². The van der Waals surface area contributed by atoms with E-state index in [0.29, 0.717) is 11.3 Å². The van der Waals surface area contributed by atoms with Crippen LogP contribution in [-0.2, 0) is 4.79 Å². The highest BCUT2D eigenvalue weighted by atomic mass is 16.1. The van der Waals surface area contributed by atoms with Crippen molar-refractivity contribution in [3.05, 3.63) is 24.3 Å². The molecule has 0 radical (unpaired) electrons. The van der Waals surface area contributed by atoms with Crippen molar-refractivity contribution >= 4 is 12.0 Å². The van der Waals surface area contributed by atoms with E-state index in [1.54, 1.807) is 0 Å². The smallest absolute Gasteiger partial charge is 0.147 e. The second-order valence-electron chi connectivity index (χ2n) is 10.3. The third kappa shape index (κ3) is 2.83. The van der Waals surface area contributed by atoms with E-state index >= 15 is 0 Å². The van der Waals surface area contributed by atoms with Crippen LogP contribution in [-0.4, -0.2) is 15.8 Å². The van der Waals surface area contributed by atoms with Crippen molar-refractivity contribution in [2.24, 2.45) is 34.5 Å². The normalized spacial score (nSPS) is 40.3. The van der Waals surface area contributed by atoms with Crippen LogP contribution < -0.4 is 0 Å². The maximum absolute atomic E-state index is 12.0. The highest BCUT2D eigenvalue weighted by molar-refractivity contribution is 5.86. The summed E-state index contributed by atoms with van der Waals surface area (Å²) in [6, 6.07) is 0. The van der Waals surface area contributed by atoms with E-state index in [2.05, 4.69) is 37.2 Å². The fraction of sp³-hybridized carbons (Fsp3) is 0.760. The molecule has 1 aromatic heterocycles. The number of allylic oxidation sites excluding steroid dienone is 2. The predicted octanol–water partition coefficient (Wildman–Crippen LogP) is 6.36. The molecule has 3 aliphatic rings. The summed E-state index contributed by atoms with van der Waals surface area (Å²) in [6.07, 6.45) is 18.5. The molecule has 0 unspecified atom stereocenters. The van der Waals surface area contributed by atoms with Crippen molar-refractivity contribution in [1.29, 1.82) is 0 Å². The number of hydrogen-bond donors (Lipinski definition) is 0. The first-order valence-corrected chi connectivity index (χ1v) is 11.7. The highest BCUT2D eigenvalue weighted by Gasteiger charge is 2.58. The summed E-state index contributed by atoms with van der Waals surface area (Å²) in [5.74, 6) is 3.09. The fourth-order valence-corrected chi connectivity index (χ4v) is 7.93. The van der Waals surface area contributed by atoms with Crippen molar-refractivity contribution in [1.82, 2.24) is 9.55 Å². The van der Waals surface area contributed by atoms with Crippen LogP contribution in [0.5, 0.6) is 0 Å². The molecule has 3 nitrogen and oxygen atoms in total. The Bertz CT molecular complexity index is 736.